The highest BCUT2D eigenvalue weighted by Crippen LogP contribution is 2.36. The van der Waals surface area contributed by atoms with Gasteiger partial charge in [0.15, 0.2) is 0 Å². The highest BCUT2D eigenvalue weighted by atomic mass is 16.5. The number of likely N-dealkylation sites (tertiary alicyclic amines) is 1. The van der Waals surface area contributed by atoms with Gasteiger partial charge < -0.3 is 15.0 Å². The molecule has 2 aliphatic rings. The molecule has 4 nitrogen and oxygen atoms in total. The third-order valence-electron chi connectivity index (χ3n) is 4.66. The Labute approximate surface area is 120 Å². The number of carbonyl (C=O) groups excluding carboxylic acids is 1. The summed E-state index contributed by atoms with van der Waals surface area (Å²) in [5, 5.41) is 3.42. The van der Waals surface area contributed by atoms with Crippen LogP contribution in [0.3, 0.4) is 0 Å². The van der Waals surface area contributed by atoms with Gasteiger partial charge in [0.2, 0.25) is 5.91 Å². The number of nitrogens with one attached hydrogen (secondary N) is 1. The van der Waals surface area contributed by atoms with Crippen LogP contribution in [0.2, 0.25) is 0 Å². The zero-order chi connectivity index (χ0) is 14.0. The summed E-state index contributed by atoms with van der Waals surface area (Å²) in [5.74, 6) is 1.02. The predicted molar refractivity (Wildman–Crippen MR) is 77.8 cm³/mol. The summed E-state index contributed by atoms with van der Waals surface area (Å²) in [6.45, 7) is 3.96. The predicted octanol–water partition coefficient (Wildman–Crippen LogP) is 1.45. The summed E-state index contributed by atoms with van der Waals surface area (Å²) in [7, 11) is 1.65. The van der Waals surface area contributed by atoms with Crippen molar-refractivity contribution in [3.63, 3.8) is 0 Å². The van der Waals surface area contributed by atoms with Crippen molar-refractivity contribution in [1.29, 1.82) is 0 Å². The fraction of sp³-hybridized carbons (Fsp3) is 0.562. The molecule has 0 saturated carbocycles. The number of hydrogen-bond donors (Lipinski definition) is 1. The van der Waals surface area contributed by atoms with Crippen LogP contribution in [0.1, 0.15) is 18.4 Å². The number of hydrogen-bond acceptors (Lipinski definition) is 3. The smallest absolute Gasteiger partial charge is 0.227 e. The van der Waals surface area contributed by atoms with E-state index in [2.05, 4.69) is 5.32 Å². The molecular formula is C16H22N2O2. The van der Waals surface area contributed by atoms with E-state index >= 15 is 0 Å². The first-order valence-corrected chi connectivity index (χ1v) is 7.33. The van der Waals surface area contributed by atoms with E-state index < -0.39 is 0 Å². The number of methoxy groups -OCH3 is 1. The lowest BCUT2D eigenvalue weighted by Gasteiger charge is -2.23. The van der Waals surface area contributed by atoms with Crippen molar-refractivity contribution in [2.24, 2.45) is 5.41 Å². The van der Waals surface area contributed by atoms with E-state index in [0.29, 0.717) is 11.8 Å². The molecule has 3 rings (SSSR count). The topological polar surface area (TPSA) is 41.6 Å². The van der Waals surface area contributed by atoms with Crippen molar-refractivity contribution >= 4 is 5.91 Å². The molecule has 2 heterocycles. The van der Waals surface area contributed by atoms with Crippen molar-refractivity contribution in [2.75, 3.05) is 33.3 Å². The Morgan fingerprint density at radius 1 is 1.40 bits per heavy atom. The summed E-state index contributed by atoms with van der Waals surface area (Å²) in [4.78, 5) is 14.5. The third-order valence-corrected chi connectivity index (χ3v) is 4.66. The maximum absolute atomic E-state index is 12.5. The molecule has 0 radical (unpaired) electrons. The summed E-state index contributed by atoms with van der Waals surface area (Å²) in [5.41, 5.74) is 1.32. The van der Waals surface area contributed by atoms with Crippen molar-refractivity contribution in [3.05, 3.63) is 29.8 Å². The molecule has 1 amide bonds. The Balaban J connectivity index is 1.65. The van der Waals surface area contributed by atoms with Crippen LogP contribution < -0.4 is 10.1 Å². The molecule has 20 heavy (non-hydrogen) atoms. The van der Waals surface area contributed by atoms with Crippen LogP contribution in [0.25, 0.3) is 0 Å². The summed E-state index contributed by atoms with van der Waals surface area (Å²) in [6, 6.07) is 7.77. The van der Waals surface area contributed by atoms with E-state index in [1.54, 1.807) is 7.11 Å². The van der Waals surface area contributed by atoms with Gasteiger partial charge in [0.25, 0.3) is 0 Å². The molecule has 1 N–H and O–H groups in total. The lowest BCUT2D eigenvalue weighted by atomic mass is 9.86. The molecule has 0 bridgehead atoms. The van der Waals surface area contributed by atoms with Crippen molar-refractivity contribution in [3.8, 4) is 5.75 Å². The Kier molecular flexibility index (Phi) is 3.66. The van der Waals surface area contributed by atoms with Gasteiger partial charge in [-0.25, -0.2) is 0 Å². The average Bonchev–Trinajstić information content (AvgIpc) is 3.10. The zero-order valence-corrected chi connectivity index (χ0v) is 12.0. The van der Waals surface area contributed by atoms with E-state index in [9.17, 15) is 4.79 Å². The molecule has 1 aromatic carbocycles. The van der Waals surface area contributed by atoms with Crippen LogP contribution in [-0.2, 0) is 11.2 Å². The van der Waals surface area contributed by atoms with Crippen molar-refractivity contribution < 1.29 is 9.53 Å². The van der Waals surface area contributed by atoms with Crippen LogP contribution >= 0.6 is 0 Å². The first kappa shape index (κ1) is 13.4. The lowest BCUT2D eigenvalue weighted by molar-refractivity contribution is -0.129. The molecule has 0 aromatic heterocycles. The second kappa shape index (κ2) is 5.44. The largest absolute Gasteiger partial charge is 0.496 e. The number of para-hydroxylation sites is 1. The second-order valence-electron chi connectivity index (χ2n) is 5.98. The highest BCUT2D eigenvalue weighted by molar-refractivity contribution is 5.79. The number of rotatable bonds is 3. The first-order valence-electron chi connectivity index (χ1n) is 7.33. The molecule has 2 aliphatic heterocycles. The average molecular weight is 274 g/mol. The van der Waals surface area contributed by atoms with Gasteiger partial charge in [-0.15, -0.1) is 0 Å². The maximum atomic E-state index is 12.5. The van der Waals surface area contributed by atoms with Crippen molar-refractivity contribution in [2.45, 2.75) is 19.3 Å². The Morgan fingerprint density at radius 3 is 3.00 bits per heavy atom. The zero-order valence-electron chi connectivity index (χ0n) is 12.0. The SMILES string of the molecule is COc1ccccc1CC(=O)N1CCC2(CCNC2)C1. The molecule has 2 fully saturated rings. The quantitative estimate of drug-likeness (QED) is 0.907. The number of carbonyl (C=O) groups is 1. The molecule has 1 atom stereocenters. The monoisotopic (exact) mass is 274 g/mol. The Bertz CT molecular complexity index is 495. The van der Waals surface area contributed by atoms with Gasteiger partial charge in [0, 0.05) is 30.6 Å². The normalized spacial score (nSPS) is 25.4. The Hall–Kier alpha value is -1.55. The summed E-state index contributed by atoms with van der Waals surface area (Å²) in [6.07, 6.45) is 2.77. The van der Waals surface area contributed by atoms with Crippen LogP contribution in [0.5, 0.6) is 5.75 Å². The molecule has 1 spiro atoms. The number of nitrogens with zero attached hydrogens (tertiary/aromatic N) is 1. The first-order chi connectivity index (χ1) is 9.72. The van der Waals surface area contributed by atoms with Crippen LogP contribution in [0.15, 0.2) is 24.3 Å². The molecule has 0 aliphatic carbocycles. The van der Waals surface area contributed by atoms with Gasteiger partial charge >= 0.3 is 0 Å². The molecule has 2 saturated heterocycles. The summed E-state index contributed by atoms with van der Waals surface area (Å²) < 4.78 is 5.32. The van der Waals surface area contributed by atoms with E-state index in [1.165, 1.54) is 6.42 Å². The number of benzene rings is 1. The molecule has 1 aromatic rings. The number of ether oxygens (including phenoxy) is 1. The maximum Gasteiger partial charge on any atom is 0.227 e. The lowest BCUT2D eigenvalue weighted by Crippen LogP contribution is -2.34. The molecule has 1 unspecified atom stereocenters. The third kappa shape index (κ3) is 2.52. The Morgan fingerprint density at radius 2 is 2.25 bits per heavy atom. The fourth-order valence-electron chi connectivity index (χ4n) is 3.42. The van der Waals surface area contributed by atoms with Gasteiger partial charge in [-0.3, -0.25) is 4.79 Å². The molecular weight excluding hydrogens is 252 g/mol. The van der Waals surface area contributed by atoms with Crippen molar-refractivity contribution in [1.82, 2.24) is 10.2 Å². The van der Waals surface area contributed by atoms with Crippen LogP contribution in [-0.4, -0.2) is 44.1 Å². The number of amides is 1. The van der Waals surface area contributed by atoms with Crippen LogP contribution in [0, 0.1) is 5.41 Å². The van der Waals surface area contributed by atoms with Gasteiger partial charge in [0.1, 0.15) is 5.75 Å². The second-order valence-corrected chi connectivity index (χ2v) is 5.98. The minimum absolute atomic E-state index is 0.221. The van der Waals surface area contributed by atoms with Crippen LogP contribution in [0.4, 0.5) is 0 Å². The van der Waals surface area contributed by atoms with E-state index in [0.717, 1.165) is 43.9 Å². The van der Waals surface area contributed by atoms with E-state index in [4.69, 9.17) is 4.74 Å². The standard InChI is InChI=1S/C16H22N2O2/c1-20-14-5-3-2-4-13(14)10-15(19)18-9-7-16(12-18)6-8-17-11-16/h2-5,17H,6-12H2,1H3. The van der Waals surface area contributed by atoms with E-state index in [-0.39, 0.29) is 5.91 Å². The summed E-state index contributed by atoms with van der Waals surface area (Å²) >= 11 is 0. The minimum atomic E-state index is 0.221. The minimum Gasteiger partial charge on any atom is -0.496 e. The van der Waals surface area contributed by atoms with Gasteiger partial charge in [0.05, 0.1) is 13.5 Å². The van der Waals surface area contributed by atoms with Gasteiger partial charge in [-0.2, -0.15) is 0 Å². The van der Waals surface area contributed by atoms with Gasteiger partial charge in [-0.05, 0) is 25.5 Å². The molecule has 108 valence electrons. The fourth-order valence-corrected chi connectivity index (χ4v) is 3.42. The highest BCUT2D eigenvalue weighted by Gasteiger charge is 2.41. The van der Waals surface area contributed by atoms with Gasteiger partial charge in [-0.1, -0.05) is 18.2 Å². The molecule has 4 heteroatoms. The van der Waals surface area contributed by atoms with E-state index in [1.807, 2.05) is 29.2 Å².